The minimum Gasteiger partial charge on any atom is -0.447 e. The van der Waals surface area contributed by atoms with Gasteiger partial charge in [0.15, 0.2) is 5.69 Å². The van der Waals surface area contributed by atoms with Crippen LogP contribution in [-0.4, -0.2) is 72.0 Å². The topological polar surface area (TPSA) is 62.1 Å². The number of morpholine rings is 1. The number of aromatic nitrogens is 1. The molecule has 0 saturated carbocycles. The van der Waals surface area contributed by atoms with E-state index in [1.54, 1.807) is 11.9 Å². The van der Waals surface area contributed by atoms with Crippen molar-refractivity contribution in [2.45, 2.75) is 33.5 Å². The van der Waals surface area contributed by atoms with Crippen molar-refractivity contribution in [2.24, 2.45) is 0 Å². The molecule has 186 valence electrons. The zero-order chi connectivity index (χ0) is 24.6. The Labute approximate surface area is 208 Å². The first kappa shape index (κ1) is 25.1. The Balaban J connectivity index is 1.42. The number of ether oxygens (including phenoxy) is 1. The molecule has 2 aromatic carbocycles. The van der Waals surface area contributed by atoms with E-state index in [0.717, 1.165) is 51.5 Å². The molecule has 0 bridgehead atoms. The number of aryl methyl sites for hydroxylation is 2. The third kappa shape index (κ3) is 7.24. The molecule has 35 heavy (non-hydrogen) atoms. The van der Waals surface area contributed by atoms with E-state index in [4.69, 9.17) is 9.15 Å². The Morgan fingerprint density at radius 2 is 1.80 bits per heavy atom. The molecule has 0 N–H and O–H groups in total. The average molecular weight is 477 g/mol. The Morgan fingerprint density at radius 3 is 2.54 bits per heavy atom. The highest BCUT2D eigenvalue weighted by molar-refractivity contribution is 5.91. The quantitative estimate of drug-likeness (QED) is 0.442. The van der Waals surface area contributed by atoms with E-state index in [2.05, 4.69) is 46.8 Å². The molecule has 0 atom stereocenters. The second-order valence-electron chi connectivity index (χ2n) is 9.37. The lowest BCUT2D eigenvalue weighted by molar-refractivity contribution is 0.0320. The summed E-state index contributed by atoms with van der Waals surface area (Å²) in [4.78, 5) is 23.9. The van der Waals surface area contributed by atoms with Crippen molar-refractivity contribution in [2.75, 3.05) is 46.4 Å². The van der Waals surface area contributed by atoms with Crippen LogP contribution in [0.25, 0.3) is 0 Å². The van der Waals surface area contributed by atoms with E-state index in [-0.39, 0.29) is 5.91 Å². The predicted octanol–water partition coefficient (Wildman–Crippen LogP) is 3.90. The summed E-state index contributed by atoms with van der Waals surface area (Å²) in [5, 5.41) is 0. The van der Waals surface area contributed by atoms with Gasteiger partial charge < -0.3 is 14.1 Å². The molecule has 1 aromatic heterocycles. The van der Waals surface area contributed by atoms with Crippen molar-refractivity contribution in [3.63, 3.8) is 0 Å². The first-order valence-corrected chi connectivity index (χ1v) is 12.3. The van der Waals surface area contributed by atoms with Gasteiger partial charge in [-0.05, 0) is 30.5 Å². The van der Waals surface area contributed by atoms with E-state index >= 15 is 0 Å². The van der Waals surface area contributed by atoms with Gasteiger partial charge in [-0.3, -0.25) is 14.6 Å². The Bertz CT molecular complexity index is 1090. The molecule has 7 heteroatoms. The van der Waals surface area contributed by atoms with Crippen molar-refractivity contribution in [3.8, 4) is 0 Å². The van der Waals surface area contributed by atoms with Crippen LogP contribution in [0.3, 0.4) is 0 Å². The van der Waals surface area contributed by atoms with E-state index in [1.165, 1.54) is 23.0 Å². The van der Waals surface area contributed by atoms with Crippen LogP contribution < -0.4 is 0 Å². The highest BCUT2D eigenvalue weighted by Crippen LogP contribution is 2.16. The second-order valence-corrected chi connectivity index (χ2v) is 9.37. The van der Waals surface area contributed by atoms with Gasteiger partial charge in [-0.25, -0.2) is 4.98 Å². The minimum atomic E-state index is -0.141. The fourth-order valence-electron chi connectivity index (χ4n) is 4.38. The molecule has 7 nitrogen and oxygen atoms in total. The summed E-state index contributed by atoms with van der Waals surface area (Å²) in [6, 6.07) is 16.5. The molecular weight excluding hydrogens is 440 g/mol. The number of carbonyl (C=O) groups is 1. The first-order valence-electron chi connectivity index (χ1n) is 12.3. The maximum absolute atomic E-state index is 12.9. The fourth-order valence-corrected chi connectivity index (χ4v) is 4.38. The van der Waals surface area contributed by atoms with Crippen LogP contribution in [-0.2, 0) is 24.4 Å². The number of amides is 1. The SMILES string of the molecule is Cc1ccc(CN(CCN2CCOCC2)Cc2nc(C(=O)N(C)Cc3ccccc3)co2)c(C)c1. The average Bonchev–Trinajstić information content (AvgIpc) is 3.33. The standard InChI is InChI=1S/C28H36N4O3/c1-22-9-10-25(23(2)17-22)19-32(12-11-31-13-15-34-16-14-31)20-27-29-26(21-35-27)28(33)30(3)18-24-7-5-4-6-8-24/h4-10,17,21H,11-16,18-20H2,1-3H3. The number of carbonyl (C=O) groups excluding carboxylic acids is 1. The third-order valence-electron chi connectivity index (χ3n) is 6.47. The van der Waals surface area contributed by atoms with Gasteiger partial charge in [0.1, 0.15) is 6.26 Å². The van der Waals surface area contributed by atoms with E-state index in [1.807, 2.05) is 30.3 Å². The molecule has 1 fully saturated rings. The Morgan fingerprint density at radius 1 is 1.03 bits per heavy atom. The van der Waals surface area contributed by atoms with Gasteiger partial charge in [-0.15, -0.1) is 0 Å². The molecule has 4 rings (SSSR count). The van der Waals surface area contributed by atoms with Gasteiger partial charge in [0.2, 0.25) is 5.89 Å². The Hall–Kier alpha value is -3.00. The molecule has 0 radical (unpaired) electrons. The molecule has 2 heterocycles. The molecule has 0 unspecified atom stereocenters. The van der Waals surface area contributed by atoms with Crippen molar-refractivity contribution in [1.82, 2.24) is 19.7 Å². The number of oxazole rings is 1. The van der Waals surface area contributed by atoms with Gasteiger partial charge in [-0.1, -0.05) is 54.1 Å². The lowest BCUT2D eigenvalue weighted by Gasteiger charge is -2.30. The summed E-state index contributed by atoms with van der Waals surface area (Å²) >= 11 is 0. The largest absolute Gasteiger partial charge is 0.447 e. The van der Waals surface area contributed by atoms with Crippen LogP contribution in [0.1, 0.15) is 38.6 Å². The summed E-state index contributed by atoms with van der Waals surface area (Å²) < 4.78 is 11.3. The van der Waals surface area contributed by atoms with Gasteiger partial charge in [0.05, 0.1) is 19.8 Å². The number of benzene rings is 2. The maximum atomic E-state index is 12.9. The molecular formula is C28H36N4O3. The van der Waals surface area contributed by atoms with Crippen LogP contribution in [0.5, 0.6) is 0 Å². The lowest BCUT2D eigenvalue weighted by atomic mass is 10.1. The highest BCUT2D eigenvalue weighted by atomic mass is 16.5. The third-order valence-corrected chi connectivity index (χ3v) is 6.47. The zero-order valence-electron chi connectivity index (χ0n) is 21.1. The van der Waals surface area contributed by atoms with Crippen LogP contribution in [0.4, 0.5) is 0 Å². The smallest absolute Gasteiger partial charge is 0.275 e. The van der Waals surface area contributed by atoms with E-state index in [0.29, 0.717) is 24.7 Å². The van der Waals surface area contributed by atoms with Gasteiger partial charge in [0.25, 0.3) is 5.91 Å². The molecule has 3 aromatic rings. The molecule has 0 spiro atoms. The molecule has 0 aliphatic carbocycles. The van der Waals surface area contributed by atoms with Crippen LogP contribution >= 0.6 is 0 Å². The number of hydrogen-bond donors (Lipinski definition) is 0. The number of rotatable bonds is 10. The Kier molecular flexibility index (Phi) is 8.69. The maximum Gasteiger partial charge on any atom is 0.275 e. The summed E-state index contributed by atoms with van der Waals surface area (Å²) in [5.74, 6) is 0.423. The van der Waals surface area contributed by atoms with Crippen LogP contribution in [0.15, 0.2) is 59.2 Å². The van der Waals surface area contributed by atoms with Crippen LogP contribution in [0, 0.1) is 13.8 Å². The van der Waals surface area contributed by atoms with E-state index in [9.17, 15) is 4.79 Å². The summed E-state index contributed by atoms with van der Waals surface area (Å²) in [7, 11) is 1.79. The van der Waals surface area contributed by atoms with Crippen molar-refractivity contribution < 1.29 is 13.9 Å². The van der Waals surface area contributed by atoms with Gasteiger partial charge >= 0.3 is 0 Å². The lowest BCUT2D eigenvalue weighted by Crippen LogP contribution is -2.41. The number of hydrogen-bond acceptors (Lipinski definition) is 6. The first-order chi connectivity index (χ1) is 17.0. The predicted molar refractivity (Wildman–Crippen MR) is 136 cm³/mol. The molecule has 1 aliphatic rings. The van der Waals surface area contributed by atoms with Gasteiger partial charge in [0, 0.05) is 46.3 Å². The second kappa shape index (κ2) is 12.1. The van der Waals surface area contributed by atoms with Crippen LogP contribution in [0.2, 0.25) is 0 Å². The fraction of sp³-hybridized carbons (Fsp3) is 0.429. The summed E-state index contributed by atoms with van der Waals surface area (Å²) in [6.07, 6.45) is 1.48. The monoisotopic (exact) mass is 476 g/mol. The zero-order valence-corrected chi connectivity index (χ0v) is 21.1. The summed E-state index contributed by atoms with van der Waals surface area (Å²) in [6.45, 7) is 11.5. The summed E-state index contributed by atoms with van der Waals surface area (Å²) in [5.41, 5.74) is 5.27. The molecule has 1 saturated heterocycles. The normalized spacial score (nSPS) is 14.4. The molecule has 1 amide bonds. The highest BCUT2D eigenvalue weighted by Gasteiger charge is 2.20. The minimum absolute atomic E-state index is 0.141. The molecule has 1 aliphatic heterocycles. The van der Waals surface area contributed by atoms with Crippen molar-refractivity contribution in [1.29, 1.82) is 0 Å². The van der Waals surface area contributed by atoms with Crippen molar-refractivity contribution >= 4 is 5.91 Å². The van der Waals surface area contributed by atoms with Gasteiger partial charge in [-0.2, -0.15) is 0 Å². The van der Waals surface area contributed by atoms with E-state index < -0.39 is 0 Å². The van der Waals surface area contributed by atoms with Crippen molar-refractivity contribution in [3.05, 3.63) is 88.6 Å². The number of nitrogens with zero attached hydrogens (tertiary/aromatic N) is 4.